The van der Waals surface area contributed by atoms with E-state index in [1.807, 2.05) is 6.07 Å². The number of hydrogen-bond donors (Lipinski definition) is 1. The molecular formula is C12H17ClN3. The molecule has 3 nitrogen and oxygen atoms in total. The standard InChI is InChI=1S/C12H17ClN3/c1-9(14)16-7-4-10(5-8-16)11-3-2-6-15-12(11)13/h2-3,6,9-10H,1,4-5,7-8,14H2. The van der Waals surface area contributed by atoms with Gasteiger partial charge in [0.05, 0.1) is 6.17 Å². The molecule has 1 aliphatic rings. The first-order chi connectivity index (χ1) is 7.68. The monoisotopic (exact) mass is 238 g/mol. The zero-order chi connectivity index (χ0) is 11.5. The van der Waals surface area contributed by atoms with Gasteiger partial charge in [0.25, 0.3) is 0 Å². The van der Waals surface area contributed by atoms with Crippen LogP contribution in [0.1, 0.15) is 24.3 Å². The van der Waals surface area contributed by atoms with Gasteiger partial charge in [-0.05, 0) is 37.3 Å². The minimum Gasteiger partial charge on any atom is -0.316 e. The summed E-state index contributed by atoms with van der Waals surface area (Å²) in [5.41, 5.74) is 6.93. The molecule has 0 aromatic carbocycles. The quantitative estimate of drug-likeness (QED) is 0.802. The zero-order valence-electron chi connectivity index (χ0n) is 9.27. The van der Waals surface area contributed by atoms with Crippen LogP contribution in [0.3, 0.4) is 0 Å². The number of likely N-dealkylation sites (tertiary alicyclic amines) is 1. The van der Waals surface area contributed by atoms with Gasteiger partial charge in [0, 0.05) is 19.3 Å². The molecule has 1 aromatic heterocycles. The molecule has 1 aliphatic heterocycles. The minimum atomic E-state index is -0.0923. The molecule has 0 bridgehead atoms. The summed E-state index contributed by atoms with van der Waals surface area (Å²) in [5.74, 6) is 0.510. The highest BCUT2D eigenvalue weighted by atomic mass is 35.5. The van der Waals surface area contributed by atoms with Crippen molar-refractivity contribution in [2.75, 3.05) is 13.1 Å². The molecule has 4 heteroatoms. The molecule has 1 unspecified atom stereocenters. The Morgan fingerprint density at radius 1 is 1.50 bits per heavy atom. The predicted octanol–water partition coefficient (Wildman–Crippen LogP) is 2.03. The Hall–Kier alpha value is -0.640. The smallest absolute Gasteiger partial charge is 0.132 e. The average molecular weight is 239 g/mol. The number of aromatic nitrogens is 1. The Balaban J connectivity index is 2.02. The molecule has 1 fully saturated rings. The summed E-state index contributed by atoms with van der Waals surface area (Å²) in [7, 11) is 0. The molecule has 0 aliphatic carbocycles. The van der Waals surface area contributed by atoms with Crippen molar-refractivity contribution in [3.05, 3.63) is 36.0 Å². The molecule has 0 saturated carbocycles. The van der Waals surface area contributed by atoms with E-state index in [0.29, 0.717) is 11.1 Å². The fourth-order valence-electron chi connectivity index (χ4n) is 2.25. The van der Waals surface area contributed by atoms with E-state index in [9.17, 15) is 0 Å². The van der Waals surface area contributed by atoms with Gasteiger partial charge < -0.3 is 5.73 Å². The Morgan fingerprint density at radius 2 is 2.19 bits per heavy atom. The number of halogens is 1. The number of nitrogens with two attached hydrogens (primary N) is 1. The maximum absolute atomic E-state index is 6.09. The Bertz CT molecular complexity index is 346. The Labute approximate surface area is 102 Å². The van der Waals surface area contributed by atoms with Gasteiger partial charge in [0.1, 0.15) is 5.15 Å². The molecule has 87 valence electrons. The first kappa shape index (κ1) is 11.8. The predicted molar refractivity (Wildman–Crippen MR) is 66.1 cm³/mol. The molecule has 1 atom stereocenters. The van der Waals surface area contributed by atoms with Gasteiger partial charge in [-0.15, -0.1) is 0 Å². The molecule has 0 amide bonds. The number of pyridine rings is 1. The van der Waals surface area contributed by atoms with Gasteiger partial charge in [-0.2, -0.15) is 0 Å². The van der Waals surface area contributed by atoms with E-state index in [4.69, 9.17) is 17.3 Å². The van der Waals surface area contributed by atoms with Crippen molar-refractivity contribution in [2.24, 2.45) is 5.73 Å². The van der Waals surface area contributed by atoms with Crippen molar-refractivity contribution in [3.8, 4) is 0 Å². The second-order valence-electron chi connectivity index (χ2n) is 4.26. The van der Waals surface area contributed by atoms with E-state index in [1.54, 1.807) is 6.20 Å². The lowest BCUT2D eigenvalue weighted by Crippen LogP contribution is -2.44. The molecule has 2 rings (SSSR count). The lowest BCUT2D eigenvalue weighted by molar-refractivity contribution is 0.179. The van der Waals surface area contributed by atoms with Gasteiger partial charge in [-0.3, -0.25) is 4.90 Å². The maximum Gasteiger partial charge on any atom is 0.132 e. The molecule has 2 heterocycles. The minimum absolute atomic E-state index is 0.0923. The first-order valence-corrected chi connectivity index (χ1v) is 5.99. The number of rotatable bonds is 2. The molecule has 1 saturated heterocycles. The van der Waals surface area contributed by atoms with E-state index in [0.717, 1.165) is 25.9 Å². The van der Waals surface area contributed by atoms with Crippen LogP contribution in [0.15, 0.2) is 18.3 Å². The summed E-state index contributed by atoms with van der Waals surface area (Å²) in [5, 5.41) is 0.639. The molecular weight excluding hydrogens is 222 g/mol. The first-order valence-electron chi connectivity index (χ1n) is 5.61. The van der Waals surface area contributed by atoms with Crippen LogP contribution in [0, 0.1) is 6.92 Å². The van der Waals surface area contributed by atoms with E-state index >= 15 is 0 Å². The Morgan fingerprint density at radius 3 is 2.75 bits per heavy atom. The highest BCUT2D eigenvalue weighted by Gasteiger charge is 2.23. The number of hydrogen-bond acceptors (Lipinski definition) is 3. The van der Waals surface area contributed by atoms with Crippen LogP contribution in [-0.2, 0) is 0 Å². The molecule has 16 heavy (non-hydrogen) atoms. The maximum atomic E-state index is 6.09. The summed E-state index contributed by atoms with van der Waals surface area (Å²) in [4.78, 5) is 6.32. The highest BCUT2D eigenvalue weighted by Crippen LogP contribution is 2.31. The summed E-state index contributed by atoms with van der Waals surface area (Å²) < 4.78 is 0. The normalized spacial score (nSPS) is 20.9. The summed E-state index contributed by atoms with van der Waals surface area (Å²) >= 11 is 6.09. The van der Waals surface area contributed by atoms with Crippen molar-refractivity contribution in [1.82, 2.24) is 9.88 Å². The highest BCUT2D eigenvalue weighted by molar-refractivity contribution is 6.30. The topological polar surface area (TPSA) is 42.1 Å². The third kappa shape index (κ3) is 2.54. The Kier molecular flexibility index (Phi) is 3.79. The summed E-state index contributed by atoms with van der Waals surface area (Å²) in [6.07, 6.45) is 3.79. The molecule has 1 radical (unpaired) electrons. The van der Waals surface area contributed by atoms with Gasteiger partial charge >= 0.3 is 0 Å². The number of piperidine rings is 1. The summed E-state index contributed by atoms with van der Waals surface area (Å²) in [6.45, 7) is 5.82. The van der Waals surface area contributed by atoms with E-state index < -0.39 is 0 Å². The van der Waals surface area contributed by atoms with Crippen LogP contribution in [0.5, 0.6) is 0 Å². The third-order valence-corrected chi connectivity index (χ3v) is 3.54. The molecule has 2 N–H and O–H groups in total. The van der Waals surface area contributed by atoms with Crippen molar-refractivity contribution in [3.63, 3.8) is 0 Å². The third-order valence-electron chi connectivity index (χ3n) is 3.23. The average Bonchev–Trinajstić information content (AvgIpc) is 2.30. The second kappa shape index (κ2) is 5.13. The van der Waals surface area contributed by atoms with Crippen molar-refractivity contribution >= 4 is 11.6 Å². The van der Waals surface area contributed by atoms with Crippen LogP contribution >= 0.6 is 11.6 Å². The van der Waals surface area contributed by atoms with Crippen molar-refractivity contribution in [1.29, 1.82) is 0 Å². The van der Waals surface area contributed by atoms with Gasteiger partial charge in [0.15, 0.2) is 0 Å². The van der Waals surface area contributed by atoms with E-state index in [1.165, 1.54) is 5.56 Å². The van der Waals surface area contributed by atoms with Crippen LogP contribution in [-0.4, -0.2) is 29.1 Å². The number of nitrogens with zero attached hydrogens (tertiary/aromatic N) is 2. The van der Waals surface area contributed by atoms with Crippen LogP contribution < -0.4 is 5.73 Å². The van der Waals surface area contributed by atoms with Crippen molar-refractivity contribution in [2.45, 2.75) is 24.9 Å². The molecule has 1 aromatic rings. The fourth-order valence-corrected chi connectivity index (χ4v) is 2.52. The van der Waals surface area contributed by atoms with Crippen LogP contribution in [0.2, 0.25) is 5.15 Å². The van der Waals surface area contributed by atoms with E-state index in [2.05, 4.69) is 22.9 Å². The zero-order valence-corrected chi connectivity index (χ0v) is 10.0. The SMILES string of the molecule is [CH2]C(N)N1CCC(c2cccnc2Cl)CC1. The van der Waals surface area contributed by atoms with Gasteiger partial charge in [-0.1, -0.05) is 17.7 Å². The second-order valence-corrected chi connectivity index (χ2v) is 4.62. The summed E-state index contributed by atoms with van der Waals surface area (Å²) in [6, 6.07) is 4.01. The van der Waals surface area contributed by atoms with Gasteiger partial charge in [-0.25, -0.2) is 4.98 Å². The van der Waals surface area contributed by atoms with Crippen LogP contribution in [0.4, 0.5) is 0 Å². The lowest BCUT2D eigenvalue weighted by atomic mass is 9.90. The van der Waals surface area contributed by atoms with E-state index in [-0.39, 0.29) is 6.17 Å². The molecule has 0 spiro atoms. The van der Waals surface area contributed by atoms with Gasteiger partial charge in [0.2, 0.25) is 0 Å². The largest absolute Gasteiger partial charge is 0.316 e. The van der Waals surface area contributed by atoms with Crippen molar-refractivity contribution < 1.29 is 0 Å². The van der Waals surface area contributed by atoms with Crippen LogP contribution in [0.25, 0.3) is 0 Å². The fraction of sp³-hybridized carbons (Fsp3) is 0.500. The lowest BCUT2D eigenvalue weighted by Gasteiger charge is -2.34.